The van der Waals surface area contributed by atoms with E-state index in [4.69, 9.17) is 4.42 Å². The van der Waals surface area contributed by atoms with Gasteiger partial charge in [-0.25, -0.2) is 18.1 Å². The van der Waals surface area contributed by atoms with E-state index in [1.165, 1.54) is 0 Å². The summed E-state index contributed by atoms with van der Waals surface area (Å²) in [7, 11) is -3.48. The van der Waals surface area contributed by atoms with Crippen LogP contribution in [0.4, 0.5) is 0 Å². The topological polar surface area (TPSA) is 72.2 Å². The fourth-order valence-corrected chi connectivity index (χ4v) is 3.59. The number of hydrogen-bond acceptors (Lipinski definition) is 4. The van der Waals surface area contributed by atoms with Gasteiger partial charge in [-0.3, -0.25) is 0 Å². The molecule has 6 heteroatoms. The van der Waals surface area contributed by atoms with Gasteiger partial charge in [-0.2, -0.15) is 0 Å². The second kappa shape index (κ2) is 6.75. The van der Waals surface area contributed by atoms with Crippen molar-refractivity contribution in [2.24, 2.45) is 0 Å². The predicted molar refractivity (Wildman–Crippen MR) is 93.5 cm³/mol. The number of aromatic nitrogens is 1. The Kier molecular flexibility index (Phi) is 4.69. The van der Waals surface area contributed by atoms with Crippen LogP contribution < -0.4 is 4.72 Å². The Bertz CT molecular complexity index is 944. The molecule has 0 spiro atoms. The maximum atomic E-state index is 12.3. The standard InChI is InChI=1S/C18H20N2O3S/c1-3-14-4-7-16(8-5-14)24(21,22)19-11-10-15-6-9-17-18(12-15)23-13(2)20-17/h4-9,12,19H,3,10-11H2,1-2H3. The fourth-order valence-electron chi connectivity index (χ4n) is 2.56. The van der Waals surface area contributed by atoms with Crippen molar-refractivity contribution >= 4 is 21.1 Å². The van der Waals surface area contributed by atoms with Crippen molar-refractivity contribution in [3.63, 3.8) is 0 Å². The highest BCUT2D eigenvalue weighted by atomic mass is 32.2. The summed E-state index contributed by atoms with van der Waals surface area (Å²) < 4.78 is 32.7. The molecule has 0 radical (unpaired) electrons. The third kappa shape index (κ3) is 3.66. The van der Waals surface area contributed by atoms with Crippen molar-refractivity contribution in [3.05, 3.63) is 59.5 Å². The normalized spacial score (nSPS) is 11.9. The second-order valence-electron chi connectivity index (χ2n) is 5.68. The van der Waals surface area contributed by atoms with Crippen LogP contribution in [0.15, 0.2) is 51.8 Å². The molecule has 1 heterocycles. The van der Waals surface area contributed by atoms with Crippen LogP contribution in [0.3, 0.4) is 0 Å². The number of aryl methyl sites for hydroxylation is 2. The number of nitrogens with zero attached hydrogens (tertiary/aromatic N) is 1. The summed E-state index contributed by atoms with van der Waals surface area (Å²) in [4.78, 5) is 4.54. The van der Waals surface area contributed by atoms with Gasteiger partial charge in [0.15, 0.2) is 11.5 Å². The van der Waals surface area contributed by atoms with Crippen LogP contribution in [0, 0.1) is 6.92 Å². The molecule has 2 aromatic carbocycles. The van der Waals surface area contributed by atoms with E-state index in [9.17, 15) is 8.42 Å². The van der Waals surface area contributed by atoms with E-state index in [2.05, 4.69) is 9.71 Å². The largest absolute Gasteiger partial charge is 0.441 e. The second-order valence-corrected chi connectivity index (χ2v) is 7.45. The highest BCUT2D eigenvalue weighted by molar-refractivity contribution is 7.89. The number of rotatable bonds is 6. The maximum Gasteiger partial charge on any atom is 0.240 e. The van der Waals surface area contributed by atoms with Gasteiger partial charge in [0, 0.05) is 13.5 Å². The lowest BCUT2D eigenvalue weighted by Gasteiger charge is -2.07. The SMILES string of the molecule is CCc1ccc(S(=O)(=O)NCCc2ccc3nc(C)oc3c2)cc1. The van der Waals surface area contributed by atoms with Crippen LogP contribution in [0.25, 0.3) is 11.1 Å². The zero-order valence-electron chi connectivity index (χ0n) is 13.7. The number of sulfonamides is 1. The Hall–Kier alpha value is -2.18. The number of hydrogen-bond donors (Lipinski definition) is 1. The molecule has 0 saturated carbocycles. The van der Waals surface area contributed by atoms with E-state index in [0.717, 1.165) is 28.6 Å². The van der Waals surface area contributed by atoms with Crippen molar-refractivity contribution in [2.75, 3.05) is 6.54 Å². The first kappa shape index (κ1) is 16.7. The van der Waals surface area contributed by atoms with Crippen LogP contribution in [0.1, 0.15) is 23.9 Å². The van der Waals surface area contributed by atoms with Crippen molar-refractivity contribution < 1.29 is 12.8 Å². The van der Waals surface area contributed by atoms with Crippen LogP contribution >= 0.6 is 0 Å². The number of oxazole rings is 1. The maximum absolute atomic E-state index is 12.3. The van der Waals surface area contributed by atoms with E-state index in [-0.39, 0.29) is 0 Å². The van der Waals surface area contributed by atoms with Gasteiger partial charge < -0.3 is 4.42 Å². The highest BCUT2D eigenvalue weighted by Crippen LogP contribution is 2.17. The molecule has 126 valence electrons. The Morgan fingerprint density at radius 3 is 2.50 bits per heavy atom. The van der Waals surface area contributed by atoms with Crippen LogP contribution in [0.2, 0.25) is 0 Å². The fraction of sp³-hybridized carbons (Fsp3) is 0.278. The minimum atomic E-state index is -3.48. The van der Waals surface area contributed by atoms with Gasteiger partial charge in [0.1, 0.15) is 5.52 Å². The van der Waals surface area contributed by atoms with Crippen LogP contribution in [0.5, 0.6) is 0 Å². The van der Waals surface area contributed by atoms with E-state index in [0.29, 0.717) is 23.8 Å². The molecule has 3 aromatic rings. The van der Waals surface area contributed by atoms with Gasteiger partial charge in [-0.15, -0.1) is 0 Å². The van der Waals surface area contributed by atoms with E-state index >= 15 is 0 Å². The highest BCUT2D eigenvalue weighted by Gasteiger charge is 2.13. The molecular weight excluding hydrogens is 324 g/mol. The first-order chi connectivity index (χ1) is 11.5. The quantitative estimate of drug-likeness (QED) is 0.745. The van der Waals surface area contributed by atoms with Crippen LogP contribution in [-0.2, 0) is 22.9 Å². The molecule has 5 nitrogen and oxygen atoms in total. The molecule has 3 rings (SSSR count). The third-order valence-electron chi connectivity index (χ3n) is 3.91. The summed E-state index contributed by atoms with van der Waals surface area (Å²) in [5.74, 6) is 0.623. The Balaban J connectivity index is 1.65. The first-order valence-corrected chi connectivity index (χ1v) is 9.41. The summed E-state index contributed by atoms with van der Waals surface area (Å²) in [6, 6.07) is 12.7. The molecule has 0 aliphatic heterocycles. The molecule has 0 bridgehead atoms. The molecular formula is C18H20N2O3S. The van der Waals surface area contributed by atoms with Crippen molar-refractivity contribution in [1.82, 2.24) is 9.71 Å². The summed E-state index contributed by atoms with van der Waals surface area (Å²) >= 11 is 0. The zero-order valence-corrected chi connectivity index (χ0v) is 14.6. The molecule has 0 saturated heterocycles. The van der Waals surface area contributed by atoms with Crippen molar-refractivity contribution in [3.8, 4) is 0 Å². The van der Waals surface area contributed by atoms with Gasteiger partial charge in [0.05, 0.1) is 4.90 Å². The van der Waals surface area contributed by atoms with Crippen molar-refractivity contribution in [2.45, 2.75) is 31.6 Å². The van der Waals surface area contributed by atoms with Crippen molar-refractivity contribution in [1.29, 1.82) is 0 Å². The number of fused-ring (bicyclic) bond motifs is 1. The average Bonchev–Trinajstić information content (AvgIpc) is 2.94. The lowest BCUT2D eigenvalue weighted by Crippen LogP contribution is -2.26. The van der Waals surface area contributed by atoms with E-state index in [1.54, 1.807) is 19.1 Å². The number of nitrogens with one attached hydrogen (secondary N) is 1. The lowest BCUT2D eigenvalue weighted by atomic mass is 10.1. The summed E-state index contributed by atoms with van der Waals surface area (Å²) in [6.45, 7) is 4.17. The third-order valence-corrected chi connectivity index (χ3v) is 5.38. The Morgan fingerprint density at radius 1 is 1.08 bits per heavy atom. The number of benzene rings is 2. The molecule has 0 amide bonds. The zero-order chi connectivity index (χ0) is 17.2. The Morgan fingerprint density at radius 2 is 1.79 bits per heavy atom. The molecule has 0 unspecified atom stereocenters. The average molecular weight is 344 g/mol. The van der Waals surface area contributed by atoms with Gasteiger partial charge >= 0.3 is 0 Å². The van der Waals surface area contributed by atoms with Gasteiger partial charge in [-0.05, 0) is 48.2 Å². The summed E-state index contributed by atoms with van der Waals surface area (Å²) in [5, 5.41) is 0. The van der Waals surface area contributed by atoms with Gasteiger partial charge in [-0.1, -0.05) is 25.1 Å². The molecule has 1 aromatic heterocycles. The molecule has 0 atom stereocenters. The minimum Gasteiger partial charge on any atom is -0.441 e. The van der Waals surface area contributed by atoms with Gasteiger partial charge in [0.25, 0.3) is 0 Å². The summed E-state index contributed by atoms with van der Waals surface area (Å²) in [5.41, 5.74) is 3.66. The molecule has 24 heavy (non-hydrogen) atoms. The molecule has 1 N–H and O–H groups in total. The smallest absolute Gasteiger partial charge is 0.240 e. The minimum absolute atomic E-state index is 0.293. The molecule has 0 fully saturated rings. The Labute approximate surface area is 141 Å². The van der Waals surface area contributed by atoms with Gasteiger partial charge in [0.2, 0.25) is 10.0 Å². The molecule has 0 aliphatic carbocycles. The van der Waals surface area contributed by atoms with Crippen LogP contribution in [-0.4, -0.2) is 19.9 Å². The first-order valence-electron chi connectivity index (χ1n) is 7.92. The summed E-state index contributed by atoms with van der Waals surface area (Å²) in [6.07, 6.45) is 1.47. The van der Waals surface area contributed by atoms with E-state index < -0.39 is 10.0 Å². The lowest BCUT2D eigenvalue weighted by molar-refractivity contribution is 0.560. The predicted octanol–water partition coefficient (Wildman–Crippen LogP) is 3.22. The monoisotopic (exact) mass is 344 g/mol. The van der Waals surface area contributed by atoms with E-state index in [1.807, 2.05) is 37.3 Å². The molecule has 0 aliphatic rings.